The van der Waals surface area contributed by atoms with Crippen LogP contribution in [0.3, 0.4) is 0 Å². The van der Waals surface area contributed by atoms with Gasteiger partial charge in [-0.3, -0.25) is 0 Å². The number of fused-ring (bicyclic) bond motifs is 1. The van der Waals surface area contributed by atoms with E-state index in [-0.39, 0.29) is 0 Å². The lowest BCUT2D eigenvalue weighted by atomic mass is 9.88. The third-order valence-electron chi connectivity index (χ3n) is 5.25. The summed E-state index contributed by atoms with van der Waals surface area (Å²) in [5.74, 6) is 0.751. The largest absolute Gasteiger partial charge is 0.228 e. The maximum absolute atomic E-state index is 4.97. The van der Waals surface area contributed by atoms with Crippen molar-refractivity contribution in [2.24, 2.45) is 0 Å². The van der Waals surface area contributed by atoms with Crippen LogP contribution in [-0.2, 0) is 0 Å². The maximum Gasteiger partial charge on any atom is 0.161 e. The van der Waals surface area contributed by atoms with E-state index in [0.29, 0.717) is 0 Å². The van der Waals surface area contributed by atoms with Gasteiger partial charge in [0.05, 0.1) is 11.4 Å². The zero-order valence-corrected chi connectivity index (χ0v) is 16.2. The van der Waals surface area contributed by atoms with Crippen molar-refractivity contribution in [1.82, 2.24) is 9.97 Å². The van der Waals surface area contributed by atoms with Crippen molar-refractivity contribution in [2.75, 3.05) is 0 Å². The number of benzene rings is 4. The quantitative estimate of drug-likeness (QED) is 0.423. The fourth-order valence-electron chi connectivity index (χ4n) is 3.73. The standard InChI is InChI=1S/C26H19BN2/c27-23-16-15-22(20-13-7-8-14-21(20)23)26-28-24(18-9-3-1-4-10-18)17-25(29-26)19-11-5-2-6-12-19/h1-17H,27H2. The molecule has 0 fully saturated rings. The van der Waals surface area contributed by atoms with Crippen molar-refractivity contribution >= 4 is 24.1 Å². The molecule has 5 rings (SSSR count). The average molecular weight is 370 g/mol. The fourth-order valence-corrected chi connectivity index (χ4v) is 3.73. The molecule has 2 nitrogen and oxygen atoms in total. The van der Waals surface area contributed by atoms with Crippen molar-refractivity contribution in [3.05, 3.63) is 103 Å². The summed E-state index contributed by atoms with van der Waals surface area (Å²) in [5, 5.41) is 2.41. The van der Waals surface area contributed by atoms with Crippen LogP contribution in [0.1, 0.15) is 0 Å². The van der Waals surface area contributed by atoms with Gasteiger partial charge in [-0.15, -0.1) is 0 Å². The van der Waals surface area contributed by atoms with E-state index >= 15 is 0 Å². The molecular formula is C26H19BN2. The molecule has 0 radical (unpaired) electrons. The lowest BCUT2D eigenvalue weighted by Gasteiger charge is -2.12. The number of rotatable bonds is 3. The smallest absolute Gasteiger partial charge is 0.161 e. The van der Waals surface area contributed by atoms with Gasteiger partial charge in [0.15, 0.2) is 5.82 Å². The molecule has 1 heterocycles. The summed E-state index contributed by atoms with van der Waals surface area (Å²) in [5.41, 5.74) is 6.35. The van der Waals surface area contributed by atoms with E-state index in [2.05, 4.69) is 74.6 Å². The van der Waals surface area contributed by atoms with Crippen LogP contribution in [0, 0.1) is 0 Å². The molecule has 0 unspecified atom stereocenters. The number of nitrogens with zero attached hydrogens (tertiary/aromatic N) is 2. The first-order valence-corrected chi connectivity index (χ1v) is 9.78. The van der Waals surface area contributed by atoms with Crippen molar-refractivity contribution in [2.45, 2.75) is 0 Å². The molecule has 0 bridgehead atoms. The Hall–Kier alpha value is -3.72. The second-order valence-corrected chi connectivity index (χ2v) is 7.17. The SMILES string of the molecule is Bc1ccc(-c2nc(-c3ccccc3)cc(-c3ccccc3)n2)c2ccccc12. The van der Waals surface area contributed by atoms with Gasteiger partial charge in [-0.1, -0.05) is 103 Å². The minimum atomic E-state index is 0.751. The van der Waals surface area contributed by atoms with E-state index in [1.807, 2.05) is 36.4 Å². The monoisotopic (exact) mass is 370 g/mol. The summed E-state index contributed by atoms with van der Waals surface area (Å²) in [4.78, 5) is 9.94. The van der Waals surface area contributed by atoms with Crippen LogP contribution in [0.2, 0.25) is 0 Å². The van der Waals surface area contributed by atoms with Gasteiger partial charge in [-0.25, -0.2) is 9.97 Å². The van der Waals surface area contributed by atoms with E-state index in [9.17, 15) is 0 Å². The molecule has 136 valence electrons. The molecule has 3 heteroatoms. The molecule has 1 aromatic heterocycles. The van der Waals surface area contributed by atoms with Crippen molar-refractivity contribution in [3.63, 3.8) is 0 Å². The van der Waals surface area contributed by atoms with Crippen molar-refractivity contribution < 1.29 is 0 Å². The van der Waals surface area contributed by atoms with E-state index in [0.717, 1.165) is 33.9 Å². The average Bonchev–Trinajstić information content (AvgIpc) is 2.80. The normalized spacial score (nSPS) is 10.9. The van der Waals surface area contributed by atoms with E-state index in [1.165, 1.54) is 16.2 Å². The van der Waals surface area contributed by atoms with Crippen LogP contribution in [0.4, 0.5) is 0 Å². The molecule has 0 N–H and O–H groups in total. The van der Waals surface area contributed by atoms with Gasteiger partial charge >= 0.3 is 0 Å². The Balaban J connectivity index is 1.79. The first kappa shape index (κ1) is 17.4. The van der Waals surface area contributed by atoms with Crippen LogP contribution in [0.25, 0.3) is 44.7 Å². The van der Waals surface area contributed by atoms with Gasteiger partial charge in [0.2, 0.25) is 0 Å². The molecule has 4 aromatic carbocycles. The summed E-state index contributed by atoms with van der Waals surface area (Å²) in [6.45, 7) is 0. The Morgan fingerprint density at radius 1 is 0.517 bits per heavy atom. The van der Waals surface area contributed by atoms with Gasteiger partial charge in [0.25, 0.3) is 0 Å². The Morgan fingerprint density at radius 2 is 1.03 bits per heavy atom. The molecule has 29 heavy (non-hydrogen) atoms. The van der Waals surface area contributed by atoms with Crippen LogP contribution in [-0.4, -0.2) is 17.8 Å². The Morgan fingerprint density at radius 3 is 1.62 bits per heavy atom. The molecule has 0 saturated heterocycles. The second-order valence-electron chi connectivity index (χ2n) is 7.17. The first-order chi connectivity index (χ1) is 14.3. The highest BCUT2D eigenvalue weighted by molar-refractivity contribution is 6.39. The van der Waals surface area contributed by atoms with E-state index < -0.39 is 0 Å². The number of hydrogen-bond acceptors (Lipinski definition) is 2. The predicted octanol–water partition coefficient (Wildman–Crippen LogP) is 4.89. The zero-order chi connectivity index (χ0) is 19.6. The maximum atomic E-state index is 4.97. The Kier molecular flexibility index (Phi) is 4.42. The summed E-state index contributed by atoms with van der Waals surface area (Å²) in [6.07, 6.45) is 0. The lowest BCUT2D eigenvalue weighted by Crippen LogP contribution is -2.05. The number of hydrogen-bond donors (Lipinski definition) is 0. The Bertz CT molecular complexity index is 1240. The Labute approximate surface area is 171 Å². The van der Waals surface area contributed by atoms with E-state index in [1.54, 1.807) is 0 Å². The van der Waals surface area contributed by atoms with E-state index in [4.69, 9.17) is 9.97 Å². The topological polar surface area (TPSA) is 25.8 Å². The molecule has 0 amide bonds. The van der Waals surface area contributed by atoms with Crippen LogP contribution < -0.4 is 5.46 Å². The van der Waals surface area contributed by atoms with Gasteiger partial charge in [0.1, 0.15) is 7.85 Å². The van der Waals surface area contributed by atoms with Crippen molar-refractivity contribution in [1.29, 1.82) is 0 Å². The third kappa shape index (κ3) is 3.32. The molecule has 0 saturated carbocycles. The summed E-state index contributed by atoms with van der Waals surface area (Å²) in [6, 6.07) is 35.4. The molecule has 0 atom stereocenters. The molecule has 0 spiro atoms. The summed E-state index contributed by atoms with van der Waals surface area (Å²) >= 11 is 0. The van der Waals surface area contributed by atoms with Gasteiger partial charge in [-0.05, 0) is 16.8 Å². The predicted molar refractivity (Wildman–Crippen MR) is 124 cm³/mol. The first-order valence-electron chi connectivity index (χ1n) is 9.78. The molecule has 5 aromatic rings. The molecule has 0 aliphatic carbocycles. The van der Waals surface area contributed by atoms with Crippen LogP contribution >= 0.6 is 0 Å². The molecular weight excluding hydrogens is 351 g/mol. The molecule has 0 aliphatic rings. The van der Waals surface area contributed by atoms with Crippen LogP contribution in [0.5, 0.6) is 0 Å². The second kappa shape index (κ2) is 7.36. The fraction of sp³-hybridized carbons (Fsp3) is 0. The minimum Gasteiger partial charge on any atom is -0.228 e. The molecule has 0 aliphatic heterocycles. The van der Waals surface area contributed by atoms with Crippen LogP contribution in [0.15, 0.2) is 103 Å². The highest BCUT2D eigenvalue weighted by Crippen LogP contribution is 2.30. The highest BCUT2D eigenvalue weighted by atomic mass is 14.9. The summed E-state index contributed by atoms with van der Waals surface area (Å²) in [7, 11) is 2.14. The lowest BCUT2D eigenvalue weighted by molar-refractivity contribution is 1.19. The highest BCUT2D eigenvalue weighted by Gasteiger charge is 2.13. The zero-order valence-electron chi connectivity index (χ0n) is 16.2. The van der Waals surface area contributed by atoms with Crippen molar-refractivity contribution in [3.8, 4) is 33.9 Å². The van der Waals surface area contributed by atoms with Gasteiger partial charge in [0, 0.05) is 16.7 Å². The summed E-state index contributed by atoms with van der Waals surface area (Å²) < 4.78 is 0. The third-order valence-corrected chi connectivity index (χ3v) is 5.25. The van der Waals surface area contributed by atoms with Gasteiger partial charge in [-0.2, -0.15) is 0 Å². The number of aromatic nitrogens is 2. The van der Waals surface area contributed by atoms with Gasteiger partial charge < -0.3 is 0 Å². The minimum absolute atomic E-state index is 0.751.